The molecule has 5 rings (SSSR count). The number of fused-ring (bicyclic) bond motifs is 1. The number of nitriles is 1. The van der Waals surface area contributed by atoms with E-state index < -0.39 is 0 Å². The predicted octanol–water partition coefficient (Wildman–Crippen LogP) is 5.36. The number of benzene rings is 2. The topological polar surface area (TPSA) is 79.0 Å². The van der Waals surface area contributed by atoms with E-state index in [0.29, 0.717) is 23.0 Å². The standard InChI is InChI=1S/C26H22N4O2S2/c27-14-7-15-29(19-8-3-1-4-9-19)22(31)17-34-26-28-24-23(21(16-33-24)18-12-13-18)25(32)30(26)20-10-5-2-6-11-20/h1-6,8-11,16,18H,7,12-13,15,17H2. The molecule has 0 saturated heterocycles. The highest BCUT2D eigenvalue weighted by Crippen LogP contribution is 2.44. The molecule has 0 N–H and O–H groups in total. The molecular formula is C26H22N4O2S2. The number of anilines is 1. The van der Waals surface area contributed by atoms with Crippen LogP contribution in [0.4, 0.5) is 5.69 Å². The highest BCUT2D eigenvalue weighted by Gasteiger charge is 2.29. The summed E-state index contributed by atoms with van der Waals surface area (Å²) in [7, 11) is 0. The number of aromatic nitrogens is 2. The zero-order valence-electron chi connectivity index (χ0n) is 18.4. The number of carbonyl (C=O) groups excluding carboxylic acids is 1. The Labute approximate surface area is 205 Å². The van der Waals surface area contributed by atoms with Crippen LogP contribution in [0.3, 0.4) is 0 Å². The van der Waals surface area contributed by atoms with Gasteiger partial charge in [-0.05, 0) is 54.0 Å². The quantitative estimate of drug-likeness (QED) is 0.247. The van der Waals surface area contributed by atoms with Crippen LogP contribution < -0.4 is 10.5 Å². The van der Waals surface area contributed by atoms with Crippen molar-refractivity contribution in [3.8, 4) is 11.8 Å². The minimum atomic E-state index is -0.134. The highest BCUT2D eigenvalue weighted by molar-refractivity contribution is 7.99. The molecule has 0 aliphatic heterocycles. The van der Waals surface area contributed by atoms with Crippen molar-refractivity contribution in [3.63, 3.8) is 0 Å². The Kier molecular flexibility index (Phi) is 6.48. The summed E-state index contributed by atoms with van der Waals surface area (Å²) in [6, 6.07) is 20.9. The number of amides is 1. The van der Waals surface area contributed by atoms with Gasteiger partial charge in [-0.25, -0.2) is 4.98 Å². The van der Waals surface area contributed by atoms with E-state index in [9.17, 15) is 9.59 Å². The Hall–Kier alpha value is -3.41. The van der Waals surface area contributed by atoms with Gasteiger partial charge in [-0.1, -0.05) is 48.2 Å². The first kappa shape index (κ1) is 22.4. The average Bonchev–Trinajstić information content (AvgIpc) is 3.63. The Morgan fingerprint density at radius 1 is 1.15 bits per heavy atom. The van der Waals surface area contributed by atoms with Gasteiger partial charge >= 0.3 is 0 Å². The van der Waals surface area contributed by atoms with Gasteiger partial charge in [0.25, 0.3) is 5.56 Å². The smallest absolute Gasteiger partial charge is 0.267 e. The fourth-order valence-electron chi connectivity index (χ4n) is 3.96. The summed E-state index contributed by atoms with van der Waals surface area (Å²) in [4.78, 5) is 34.1. The number of carbonyl (C=O) groups is 1. The maximum atomic E-state index is 13.7. The van der Waals surface area contributed by atoms with Gasteiger partial charge in [-0.2, -0.15) is 5.26 Å². The number of thiophene rings is 1. The molecule has 1 fully saturated rings. The summed E-state index contributed by atoms with van der Waals surface area (Å²) < 4.78 is 1.63. The number of hydrogen-bond acceptors (Lipinski definition) is 6. The van der Waals surface area contributed by atoms with Crippen LogP contribution in [-0.4, -0.2) is 27.8 Å². The Bertz CT molecular complexity index is 1420. The van der Waals surface area contributed by atoms with Gasteiger partial charge in [0.1, 0.15) is 4.83 Å². The second kappa shape index (κ2) is 9.84. The van der Waals surface area contributed by atoms with Crippen molar-refractivity contribution in [1.82, 2.24) is 9.55 Å². The molecule has 0 radical (unpaired) electrons. The molecule has 0 bridgehead atoms. The van der Waals surface area contributed by atoms with E-state index in [2.05, 4.69) is 11.4 Å². The van der Waals surface area contributed by atoms with E-state index >= 15 is 0 Å². The lowest BCUT2D eigenvalue weighted by molar-refractivity contribution is -0.116. The minimum absolute atomic E-state index is 0.0845. The van der Waals surface area contributed by atoms with E-state index in [1.165, 1.54) is 23.1 Å². The largest absolute Gasteiger partial charge is 0.311 e. The van der Waals surface area contributed by atoms with Crippen LogP contribution in [-0.2, 0) is 4.79 Å². The number of thioether (sulfide) groups is 1. The molecule has 1 aliphatic carbocycles. The molecule has 0 unspecified atom stereocenters. The number of hydrogen-bond donors (Lipinski definition) is 0. The summed E-state index contributed by atoms with van der Waals surface area (Å²) in [5.41, 5.74) is 2.49. The summed E-state index contributed by atoms with van der Waals surface area (Å²) in [6.07, 6.45) is 2.46. The first-order valence-electron chi connectivity index (χ1n) is 11.1. The normalized spacial score (nSPS) is 13.0. The van der Waals surface area contributed by atoms with Crippen molar-refractivity contribution < 1.29 is 4.79 Å². The molecule has 2 aromatic carbocycles. The molecule has 2 aromatic heterocycles. The van der Waals surface area contributed by atoms with E-state index in [1.807, 2.05) is 60.7 Å². The van der Waals surface area contributed by atoms with Crippen LogP contribution in [0.5, 0.6) is 0 Å². The Morgan fingerprint density at radius 3 is 2.53 bits per heavy atom. The zero-order valence-corrected chi connectivity index (χ0v) is 20.0. The second-order valence-electron chi connectivity index (χ2n) is 8.09. The van der Waals surface area contributed by atoms with Gasteiger partial charge < -0.3 is 4.90 Å². The van der Waals surface area contributed by atoms with Crippen molar-refractivity contribution in [2.24, 2.45) is 0 Å². The lowest BCUT2D eigenvalue weighted by Crippen LogP contribution is -2.33. The molecule has 1 aliphatic rings. The van der Waals surface area contributed by atoms with Crippen molar-refractivity contribution in [2.75, 3.05) is 17.2 Å². The van der Waals surface area contributed by atoms with Crippen LogP contribution in [0, 0.1) is 11.3 Å². The van der Waals surface area contributed by atoms with Crippen LogP contribution in [0.2, 0.25) is 0 Å². The molecule has 1 amide bonds. The third kappa shape index (κ3) is 4.49. The molecule has 0 spiro atoms. The highest BCUT2D eigenvalue weighted by atomic mass is 32.2. The molecule has 8 heteroatoms. The number of rotatable bonds is 8. The van der Waals surface area contributed by atoms with Gasteiger partial charge in [0, 0.05) is 12.2 Å². The minimum Gasteiger partial charge on any atom is -0.311 e. The van der Waals surface area contributed by atoms with Crippen LogP contribution in [0.25, 0.3) is 15.9 Å². The van der Waals surface area contributed by atoms with E-state index in [1.54, 1.807) is 9.47 Å². The van der Waals surface area contributed by atoms with Crippen molar-refractivity contribution in [1.29, 1.82) is 5.26 Å². The molecule has 0 atom stereocenters. The lowest BCUT2D eigenvalue weighted by Gasteiger charge is -2.22. The SMILES string of the molecule is N#CCCN(C(=O)CSc1nc2scc(C3CC3)c2c(=O)n1-c1ccccc1)c1ccccc1. The predicted molar refractivity (Wildman–Crippen MR) is 137 cm³/mol. The summed E-state index contributed by atoms with van der Waals surface area (Å²) in [5.74, 6) is 0.420. The van der Waals surface area contributed by atoms with Gasteiger partial charge in [0.05, 0.1) is 29.3 Å². The van der Waals surface area contributed by atoms with Crippen LogP contribution >= 0.6 is 23.1 Å². The third-order valence-corrected chi connectivity index (χ3v) is 7.59. The number of nitrogens with zero attached hydrogens (tertiary/aromatic N) is 4. The molecule has 2 heterocycles. The molecule has 1 saturated carbocycles. The lowest BCUT2D eigenvalue weighted by atomic mass is 10.1. The maximum absolute atomic E-state index is 13.7. The fraction of sp³-hybridized carbons (Fsp3) is 0.231. The monoisotopic (exact) mass is 486 g/mol. The molecule has 4 aromatic rings. The van der Waals surface area contributed by atoms with E-state index in [-0.39, 0.29) is 23.6 Å². The first-order chi connectivity index (χ1) is 16.7. The van der Waals surface area contributed by atoms with Crippen molar-refractivity contribution in [2.45, 2.75) is 30.3 Å². The van der Waals surface area contributed by atoms with E-state index in [4.69, 9.17) is 10.2 Å². The molecule has 170 valence electrons. The van der Waals surface area contributed by atoms with Crippen molar-refractivity contribution in [3.05, 3.63) is 82.0 Å². The number of para-hydroxylation sites is 2. The molecule has 6 nitrogen and oxygen atoms in total. The third-order valence-electron chi connectivity index (χ3n) is 5.78. The Balaban J connectivity index is 1.50. The first-order valence-corrected chi connectivity index (χ1v) is 13.0. The van der Waals surface area contributed by atoms with Gasteiger partial charge in [-0.3, -0.25) is 14.2 Å². The maximum Gasteiger partial charge on any atom is 0.267 e. The fourth-order valence-corrected chi connectivity index (χ4v) is 5.91. The van der Waals surface area contributed by atoms with Crippen LogP contribution in [0.1, 0.15) is 30.7 Å². The van der Waals surface area contributed by atoms with Gasteiger partial charge in [0.15, 0.2) is 5.16 Å². The summed E-state index contributed by atoms with van der Waals surface area (Å²) in [6.45, 7) is 0.313. The van der Waals surface area contributed by atoms with Crippen LogP contribution in [0.15, 0.2) is 76.0 Å². The van der Waals surface area contributed by atoms with Crippen molar-refractivity contribution >= 4 is 44.9 Å². The Morgan fingerprint density at radius 2 is 1.85 bits per heavy atom. The summed E-state index contributed by atoms with van der Waals surface area (Å²) >= 11 is 2.75. The van der Waals surface area contributed by atoms with Gasteiger partial charge in [-0.15, -0.1) is 11.3 Å². The zero-order chi connectivity index (χ0) is 23.5. The summed E-state index contributed by atoms with van der Waals surface area (Å²) in [5, 5.41) is 12.3. The molecular weight excluding hydrogens is 464 g/mol. The molecule has 34 heavy (non-hydrogen) atoms. The average molecular weight is 487 g/mol. The van der Waals surface area contributed by atoms with E-state index in [0.717, 1.165) is 34.6 Å². The second-order valence-corrected chi connectivity index (χ2v) is 9.89. The van der Waals surface area contributed by atoms with Gasteiger partial charge in [0.2, 0.25) is 5.91 Å².